The van der Waals surface area contributed by atoms with Crippen molar-refractivity contribution in [2.45, 2.75) is 38.3 Å². The monoisotopic (exact) mass is 434 g/mol. The number of nitrogens with zero attached hydrogens (tertiary/aromatic N) is 3. The molecule has 30 heavy (non-hydrogen) atoms. The third-order valence-electron chi connectivity index (χ3n) is 5.00. The fraction of sp³-hybridized carbons (Fsp3) is 0.429. The van der Waals surface area contributed by atoms with Crippen molar-refractivity contribution in [3.8, 4) is 5.75 Å². The van der Waals surface area contributed by atoms with E-state index in [2.05, 4.69) is 10.3 Å². The Kier molecular flexibility index (Phi) is 9.50. The number of aromatic nitrogens is 1. The summed E-state index contributed by atoms with van der Waals surface area (Å²) in [4.78, 5) is 29.9. The van der Waals surface area contributed by atoms with Gasteiger partial charge in [-0.3, -0.25) is 19.9 Å². The summed E-state index contributed by atoms with van der Waals surface area (Å²) in [7, 11) is 0. The lowest BCUT2D eigenvalue weighted by Crippen LogP contribution is -2.41. The predicted molar refractivity (Wildman–Crippen MR) is 116 cm³/mol. The number of halogens is 1. The molecule has 1 aromatic heterocycles. The number of nitrogens with one attached hydrogen (secondary N) is 1. The molecule has 0 aliphatic carbocycles. The maximum Gasteiger partial charge on any atom is 0.310 e. The number of nitro benzene ring substituents is 1. The highest BCUT2D eigenvalue weighted by Gasteiger charge is 2.25. The number of carbonyl (C=O) groups is 1. The zero-order chi connectivity index (χ0) is 20.5. The molecule has 2 heterocycles. The molecule has 1 aliphatic heterocycles. The SMILES string of the molecule is Cl.O=C(CCOc1ccccc1[N+](=O)[O-])N(Cc1ccccn1)C1CCCNCC1. The molecule has 2 aromatic rings. The lowest BCUT2D eigenvalue weighted by molar-refractivity contribution is -0.385. The van der Waals surface area contributed by atoms with Gasteiger partial charge in [-0.05, 0) is 50.6 Å². The molecule has 9 heteroatoms. The van der Waals surface area contributed by atoms with Crippen LogP contribution in [0.2, 0.25) is 0 Å². The molecule has 1 atom stereocenters. The molecule has 1 fully saturated rings. The van der Waals surface area contributed by atoms with E-state index in [0.29, 0.717) is 6.54 Å². The molecule has 0 bridgehead atoms. The first-order valence-electron chi connectivity index (χ1n) is 9.91. The summed E-state index contributed by atoms with van der Waals surface area (Å²) in [5.41, 5.74) is 0.748. The van der Waals surface area contributed by atoms with Crippen LogP contribution in [0.5, 0.6) is 5.75 Å². The van der Waals surface area contributed by atoms with Crippen LogP contribution in [0, 0.1) is 10.1 Å². The molecule has 0 saturated carbocycles. The quantitative estimate of drug-likeness (QED) is 0.505. The summed E-state index contributed by atoms with van der Waals surface area (Å²) < 4.78 is 5.56. The fourth-order valence-electron chi connectivity index (χ4n) is 3.52. The van der Waals surface area contributed by atoms with E-state index in [-0.39, 0.29) is 48.8 Å². The first kappa shape index (κ1) is 23.6. The first-order chi connectivity index (χ1) is 14.1. The number of amides is 1. The van der Waals surface area contributed by atoms with Crippen LogP contribution in [0.3, 0.4) is 0 Å². The number of hydrogen-bond acceptors (Lipinski definition) is 6. The van der Waals surface area contributed by atoms with E-state index in [9.17, 15) is 14.9 Å². The van der Waals surface area contributed by atoms with E-state index in [1.165, 1.54) is 6.07 Å². The molecular weight excluding hydrogens is 408 g/mol. The average molecular weight is 435 g/mol. The number of pyridine rings is 1. The molecule has 1 unspecified atom stereocenters. The smallest absolute Gasteiger partial charge is 0.310 e. The lowest BCUT2D eigenvalue weighted by atomic mass is 10.1. The van der Waals surface area contributed by atoms with Gasteiger partial charge in [0.25, 0.3) is 0 Å². The maximum atomic E-state index is 13.0. The van der Waals surface area contributed by atoms with Crippen molar-refractivity contribution in [3.63, 3.8) is 0 Å². The number of hydrogen-bond donors (Lipinski definition) is 1. The molecule has 3 rings (SSSR count). The molecule has 0 radical (unpaired) electrons. The van der Waals surface area contributed by atoms with Crippen LogP contribution in [-0.4, -0.2) is 46.5 Å². The van der Waals surface area contributed by atoms with E-state index in [0.717, 1.165) is 38.0 Å². The second-order valence-electron chi connectivity index (χ2n) is 7.00. The Morgan fingerprint density at radius 2 is 2.00 bits per heavy atom. The Hall–Kier alpha value is -2.71. The summed E-state index contributed by atoms with van der Waals surface area (Å²) in [6.45, 7) is 2.38. The van der Waals surface area contributed by atoms with Gasteiger partial charge in [0.1, 0.15) is 0 Å². The zero-order valence-electron chi connectivity index (χ0n) is 16.7. The molecule has 1 aliphatic rings. The van der Waals surface area contributed by atoms with E-state index >= 15 is 0 Å². The van der Waals surface area contributed by atoms with Gasteiger partial charge in [0.05, 0.1) is 30.2 Å². The van der Waals surface area contributed by atoms with E-state index in [1.54, 1.807) is 24.4 Å². The fourth-order valence-corrected chi connectivity index (χ4v) is 3.52. The van der Waals surface area contributed by atoms with Gasteiger partial charge in [-0.1, -0.05) is 18.2 Å². The van der Waals surface area contributed by atoms with Crippen LogP contribution in [-0.2, 0) is 11.3 Å². The first-order valence-corrected chi connectivity index (χ1v) is 9.91. The number of rotatable bonds is 8. The van der Waals surface area contributed by atoms with E-state index in [4.69, 9.17) is 4.74 Å². The molecule has 162 valence electrons. The normalized spacial score (nSPS) is 16.1. The summed E-state index contributed by atoms with van der Waals surface area (Å²) in [6, 6.07) is 12.0. The molecule has 8 nitrogen and oxygen atoms in total. The van der Waals surface area contributed by atoms with Gasteiger partial charge in [0, 0.05) is 18.3 Å². The van der Waals surface area contributed by atoms with Crippen LogP contribution in [0.1, 0.15) is 31.4 Å². The minimum atomic E-state index is -0.483. The standard InChI is InChI=1S/C21H26N4O4.ClH/c26-21(11-15-29-20-9-2-1-8-19(20)25(27)28)24(16-17-6-3-4-13-23-17)18-7-5-12-22-14-10-18;/h1-4,6,8-9,13,18,22H,5,7,10-12,14-16H2;1H. The molecular formula is C21H27ClN4O4. The zero-order valence-corrected chi connectivity index (χ0v) is 17.6. The summed E-state index contributed by atoms with van der Waals surface area (Å²) >= 11 is 0. The summed E-state index contributed by atoms with van der Waals surface area (Å²) in [5.74, 6) is 0.154. The van der Waals surface area contributed by atoms with Crippen LogP contribution < -0.4 is 10.1 Å². The van der Waals surface area contributed by atoms with Gasteiger partial charge in [0.2, 0.25) is 5.91 Å². The molecule has 1 aromatic carbocycles. The lowest BCUT2D eigenvalue weighted by Gasteiger charge is -2.31. The molecule has 0 spiro atoms. The third-order valence-corrected chi connectivity index (χ3v) is 5.00. The van der Waals surface area contributed by atoms with Crippen LogP contribution in [0.15, 0.2) is 48.7 Å². The van der Waals surface area contributed by atoms with Crippen molar-refractivity contribution >= 4 is 24.0 Å². The van der Waals surface area contributed by atoms with Crippen LogP contribution >= 0.6 is 12.4 Å². The Bertz CT molecular complexity index is 814. The van der Waals surface area contributed by atoms with E-state index in [1.807, 2.05) is 23.1 Å². The molecule has 1 N–H and O–H groups in total. The van der Waals surface area contributed by atoms with E-state index < -0.39 is 4.92 Å². The molecule has 1 amide bonds. The van der Waals surface area contributed by atoms with Crippen molar-refractivity contribution in [2.75, 3.05) is 19.7 Å². The highest BCUT2D eigenvalue weighted by Crippen LogP contribution is 2.26. The summed E-state index contributed by atoms with van der Waals surface area (Å²) in [6.07, 6.45) is 4.73. The molecule has 1 saturated heterocycles. The van der Waals surface area contributed by atoms with Crippen LogP contribution in [0.4, 0.5) is 5.69 Å². The van der Waals surface area contributed by atoms with Gasteiger partial charge in [-0.15, -0.1) is 12.4 Å². The Morgan fingerprint density at radius 1 is 1.20 bits per heavy atom. The largest absolute Gasteiger partial charge is 0.486 e. The van der Waals surface area contributed by atoms with Gasteiger partial charge in [-0.2, -0.15) is 0 Å². The van der Waals surface area contributed by atoms with Crippen molar-refractivity contribution in [3.05, 3.63) is 64.5 Å². The predicted octanol–water partition coefficient (Wildman–Crippen LogP) is 3.35. The van der Waals surface area contributed by atoms with Gasteiger partial charge >= 0.3 is 5.69 Å². The number of carbonyl (C=O) groups excluding carboxylic acids is 1. The van der Waals surface area contributed by atoms with Crippen LogP contribution in [0.25, 0.3) is 0 Å². The van der Waals surface area contributed by atoms with Crippen molar-refractivity contribution in [1.29, 1.82) is 0 Å². The maximum absolute atomic E-state index is 13.0. The minimum absolute atomic E-state index is 0. The summed E-state index contributed by atoms with van der Waals surface area (Å²) in [5, 5.41) is 14.5. The second kappa shape index (κ2) is 12.1. The highest BCUT2D eigenvalue weighted by molar-refractivity contribution is 5.85. The second-order valence-corrected chi connectivity index (χ2v) is 7.00. The van der Waals surface area contributed by atoms with Gasteiger partial charge in [0.15, 0.2) is 5.75 Å². The Balaban J connectivity index is 0.00000320. The number of benzene rings is 1. The average Bonchev–Trinajstić information content (AvgIpc) is 3.02. The highest BCUT2D eigenvalue weighted by atomic mass is 35.5. The minimum Gasteiger partial charge on any atom is -0.486 e. The number of nitro groups is 1. The topological polar surface area (TPSA) is 97.6 Å². The Labute approximate surface area is 182 Å². The van der Waals surface area contributed by atoms with Gasteiger partial charge < -0.3 is 15.0 Å². The van der Waals surface area contributed by atoms with Crippen molar-refractivity contribution in [2.24, 2.45) is 0 Å². The third kappa shape index (κ3) is 6.67. The van der Waals surface area contributed by atoms with Crippen molar-refractivity contribution in [1.82, 2.24) is 15.2 Å². The number of ether oxygens (including phenoxy) is 1. The Morgan fingerprint density at radius 3 is 2.77 bits per heavy atom. The number of para-hydroxylation sites is 2. The van der Waals surface area contributed by atoms with Crippen molar-refractivity contribution < 1.29 is 14.5 Å². The van der Waals surface area contributed by atoms with Gasteiger partial charge in [-0.25, -0.2) is 0 Å².